The van der Waals surface area contributed by atoms with Crippen LogP contribution >= 0.6 is 22.9 Å². The van der Waals surface area contributed by atoms with Crippen molar-refractivity contribution in [3.63, 3.8) is 0 Å². The van der Waals surface area contributed by atoms with Crippen LogP contribution < -0.4 is 15.4 Å². The molecule has 2 heterocycles. The lowest BCUT2D eigenvalue weighted by molar-refractivity contribution is -0.192. The number of sulfonamides is 1. The Kier molecular flexibility index (Phi) is 11.1. The zero-order valence-electron chi connectivity index (χ0n) is 20.9. The van der Waals surface area contributed by atoms with E-state index in [0.717, 1.165) is 22.5 Å². The molecule has 0 saturated carbocycles. The third kappa shape index (κ3) is 9.30. The number of nitrogens with one attached hydrogen (secondary N) is 3. The average molecular weight is 618 g/mol. The van der Waals surface area contributed by atoms with E-state index in [-0.39, 0.29) is 28.0 Å². The molecule has 2 atom stereocenters. The van der Waals surface area contributed by atoms with Crippen molar-refractivity contribution in [2.75, 3.05) is 19.6 Å². The van der Waals surface area contributed by atoms with Crippen molar-refractivity contribution < 1.29 is 36.3 Å². The van der Waals surface area contributed by atoms with E-state index < -0.39 is 22.2 Å². The highest BCUT2D eigenvalue weighted by atomic mass is 35.5. The second-order valence-electron chi connectivity index (χ2n) is 8.89. The maximum atomic E-state index is 13.0. The van der Waals surface area contributed by atoms with E-state index in [1.165, 1.54) is 6.07 Å². The summed E-state index contributed by atoms with van der Waals surface area (Å²) in [6.45, 7) is 1.45. The zero-order chi connectivity index (χ0) is 29.3. The topological polar surface area (TPSA) is 125 Å². The Labute approximate surface area is 238 Å². The van der Waals surface area contributed by atoms with Gasteiger partial charge < -0.3 is 15.7 Å². The van der Waals surface area contributed by atoms with Gasteiger partial charge in [-0.05, 0) is 29.7 Å². The molecular weight excluding hydrogens is 591 g/mol. The highest BCUT2D eigenvalue weighted by Gasteiger charge is 2.38. The number of carboxylic acid groups (broad SMARTS) is 1. The Bertz CT molecular complexity index is 1330. The second kappa shape index (κ2) is 14.1. The molecule has 1 aromatic heterocycles. The molecule has 0 bridgehead atoms. The van der Waals surface area contributed by atoms with Crippen molar-refractivity contribution in [2.24, 2.45) is 5.92 Å². The Hall–Kier alpha value is -2.97. The standard InChI is InChI=1S/C24H26ClN3O3S2.C2HF3O2/c25-22-11-12-23(32-22)33(30,31)28-20-13-19(14-26-15-20)24(29)27-16-21(17-7-3-1-4-8-17)18-9-5-2-6-10-18;3-2(4,5)1(6)7/h1-12,19-21,26,28H,13-16H2,(H,27,29);(H,6,7)/t19-,20+;/m0./s1. The van der Waals surface area contributed by atoms with Gasteiger partial charge in [-0.15, -0.1) is 11.3 Å². The van der Waals surface area contributed by atoms with Gasteiger partial charge in [-0.1, -0.05) is 72.3 Å². The van der Waals surface area contributed by atoms with Gasteiger partial charge in [0.2, 0.25) is 15.9 Å². The highest BCUT2D eigenvalue weighted by molar-refractivity contribution is 7.91. The predicted octanol–water partition coefficient (Wildman–Crippen LogP) is 4.24. The molecule has 0 unspecified atom stereocenters. The summed E-state index contributed by atoms with van der Waals surface area (Å²) in [5.41, 5.74) is 2.26. The molecule has 3 aromatic rings. The minimum absolute atomic E-state index is 0.0331. The van der Waals surface area contributed by atoms with Gasteiger partial charge in [0.1, 0.15) is 4.21 Å². The van der Waals surface area contributed by atoms with E-state index in [9.17, 15) is 26.4 Å². The van der Waals surface area contributed by atoms with E-state index in [1.54, 1.807) is 6.07 Å². The Morgan fingerprint density at radius 2 is 1.55 bits per heavy atom. The zero-order valence-corrected chi connectivity index (χ0v) is 23.3. The first-order valence-electron chi connectivity index (χ1n) is 12.0. The molecule has 8 nitrogen and oxygen atoms in total. The predicted molar refractivity (Wildman–Crippen MR) is 146 cm³/mol. The molecule has 14 heteroatoms. The van der Waals surface area contributed by atoms with Crippen LogP contribution in [0.15, 0.2) is 77.0 Å². The molecule has 1 aliphatic heterocycles. The summed E-state index contributed by atoms with van der Waals surface area (Å²) in [6, 6.07) is 22.9. The summed E-state index contributed by atoms with van der Waals surface area (Å²) in [5, 5.41) is 13.4. The largest absolute Gasteiger partial charge is 0.490 e. The number of hydrogen-bond acceptors (Lipinski definition) is 6. The van der Waals surface area contributed by atoms with E-state index in [1.807, 2.05) is 36.4 Å². The number of carbonyl (C=O) groups is 2. The van der Waals surface area contributed by atoms with Crippen LogP contribution in [0, 0.1) is 5.92 Å². The summed E-state index contributed by atoms with van der Waals surface area (Å²) in [4.78, 5) is 21.9. The lowest BCUT2D eigenvalue weighted by atomic mass is 9.90. The molecule has 4 rings (SSSR count). The second-order valence-corrected chi connectivity index (χ2v) is 12.5. The lowest BCUT2D eigenvalue weighted by Crippen LogP contribution is -2.52. The van der Waals surface area contributed by atoms with Crippen LogP contribution in [0.5, 0.6) is 0 Å². The normalized spacial score (nSPS) is 17.5. The number of thiophene rings is 1. The van der Waals surface area contributed by atoms with Crippen molar-refractivity contribution in [3.05, 3.63) is 88.3 Å². The SMILES string of the molecule is O=C(NCC(c1ccccc1)c1ccccc1)[C@@H]1CNC[C@H](NS(=O)(=O)c2ccc(Cl)s2)C1.O=C(O)C(F)(F)F. The minimum Gasteiger partial charge on any atom is -0.475 e. The number of halogens is 4. The third-order valence-electron chi connectivity index (χ3n) is 5.98. The summed E-state index contributed by atoms with van der Waals surface area (Å²) in [7, 11) is -3.67. The number of piperidine rings is 1. The number of hydrogen-bond donors (Lipinski definition) is 4. The van der Waals surface area contributed by atoms with Crippen molar-refractivity contribution in [2.45, 2.75) is 28.8 Å². The number of carboxylic acids is 1. The van der Waals surface area contributed by atoms with Crippen LogP contribution in [-0.2, 0) is 19.6 Å². The molecule has 1 fully saturated rings. The maximum Gasteiger partial charge on any atom is 0.490 e. The summed E-state index contributed by atoms with van der Waals surface area (Å²) >= 11 is 6.90. The number of aliphatic carboxylic acids is 1. The van der Waals surface area contributed by atoms with Gasteiger partial charge in [0.05, 0.1) is 10.3 Å². The Morgan fingerprint density at radius 3 is 2.02 bits per heavy atom. The van der Waals surface area contributed by atoms with Crippen LogP contribution in [0.4, 0.5) is 13.2 Å². The fourth-order valence-corrected chi connectivity index (χ4v) is 6.85. The van der Waals surface area contributed by atoms with Crippen molar-refractivity contribution in [1.29, 1.82) is 0 Å². The molecule has 216 valence electrons. The maximum absolute atomic E-state index is 13.0. The molecule has 2 aromatic carbocycles. The molecule has 1 amide bonds. The van der Waals surface area contributed by atoms with Crippen molar-refractivity contribution in [1.82, 2.24) is 15.4 Å². The Morgan fingerprint density at radius 1 is 1.00 bits per heavy atom. The summed E-state index contributed by atoms with van der Waals surface area (Å²) in [5.74, 6) is -3.13. The molecule has 0 aliphatic carbocycles. The van der Waals surface area contributed by atoms with Crippen molar-refractivity contribution >= 4 is 44.8 Å². The number of alkyl halides is 3. The Balaban J connectivity index is 0.000000559. The average Bonchev–Trinajstić information content (AvgIpc) is 3.37. The number of carbonyl (C=O) groups excluding carboxylic acids is 1. The van der Waals surface area contributed by atoms with Gasteiger partial charge >= 0.3 is 12.1 Å². The van der Waals surface area contributed by atoms with E-state index in [2.05, 4.69) is 39.6 Å². The minimum atomic E-state index is -5.08. The molecule has 0 spiro atoms. The number of benzene rings is 2. The van der Waals surface area contributed by atoms with Crippen LogP contribution in [0.2, 0.25) is 4.34 Å². The molecule has 1 aliphatic rings. The molecule has 4 N–H and O–H groups in total. The van der Waals surface area contributed by atoms with Crippen LogP contribution in [0.1, 0.15) is 23.5 Å². The smallest absolute Gasteiger partial charge is 0.475 e. The summed E-state index contributed by atoms with van der Waals surface area (Å²) < 4.78 is 60.3. The molecular formula is C26H27ClF3N3O5S2. The van der Waals surface area contributed by atoms with Gasteiger partial charge in [0.25, 0.3) is 0 Å². The fourth-order valence-electron chi connectivity index (χ4n) is 4.10. The van der Waals surface area contributed by atoms with Crippen molar-refractivity contribution in [3.8, 4) is 0 Å². The first kappa shape index (κ1) is 31.6. The van der Waals surface area contributed by atoms with Crippen LogP contribution in [0.3, 0.4) is 0 Å². The van der Waals surface area contributed by atoms with Crippen LogP contribution in [0.25, 0.3) is 0 Å². The quantitative estimate of drug-likeness (QED) is 0.300. The van der Waals surface area contributed by atoms with E-state index >= 15 is 0 Å². The van der Waals surface area contributed by atoms with Gasteiger partial charge in [-0.2, -0.15) is 13.2 Å². The molecule has 40 heavy (non-hydrogen) atoms. The van der Waals surface area contributed by atoms with E-state index in [0.29, 0.717) is 30.4 Å². The molecule has 0 radical (unpaired) electrons. The lowest BCUT2D eigenvalue weighted by Gasteiger charge is -2.30. The highest BCUT2D eigenvalue weighted by Crippen LogP contribution is 2.27. The number of rotatable bonds is 8. The van der Waals surface area contributed by atoms with Gasteiger partial charge in [-0.25, -0.2) is 17.9 Å². The molecule has 1 saturated heterocycles. The van der Waals surface area contributed by atoms with Gasteiger partial charge in [0, 0.05) is 31.6 Å². The van der Waals surface area contributed by atoms with Crippen LogP contribution in [-0.4, -0.2) is 57.3 Å². The monoisotopic (exact) mass is 617 g/mol. The fraction of sp³-hybridized carbons (Fsp3) is 0.308. The first-order chi connectivity index (χ1) is 18.9. The van der Waals surface area contributed by atoms with E-state index in [4.69, 9.17) is 21.5 Å². The van der Waals surface area contributed by atoms with Gasteiger partial charge in [0.15, 0.2) is 0 Å². The summed E-state index contributed by atoms with van der Waals surface area (Å²) in [6.07, 6.45) is -4.65. The third-order valence-corrected chi connectivity index (χ3v) is 9.23. The first-order valence-corrected chi connectivity index (χ1v) is 14.7. The van der Waals surface area contributed by atoms with Gasteiger partial charge in [-0.3, -0.25) is 4.79 Å². The number of amides is 1.